The van der Waals surface area contributed by atoms with Crippen LogP contribution in [0, 0.1) is 0 Å². The first-order valence-corrected chi connectivity index (χ1v) is 6.32. The van der Waals surface area contributed by atoms with E-state index in [0.29, 0.717) is 6.10 Å². The molecule has 1 unspecified atom stereocenters. The highest BCUT2D eigenvalue weighted by Crippen LogP contribution is 2.25. The number of benzene rings is 1. The maximum Gasteiger partial charge on any atom is 0.0771 e. The van der Waals surface area contributed by atoms with Gasteiger partial charge in [-0.3, -0.25) is 4.68 Å². The van der Waals surface area contributed by atoms with E-state index < -0.39 is 0 Å². The molecule has 0 saturated carbocycles. The van der Waals surface area contributed by atoms with Gasteiger partial charge in [-0.1, -0.05) is 18.2 Å². The highest BCUT2D eigenvalue weighted by Gasteiger charge is 2.16. The zero-order chi connectivity index (χ0) is 12.4. The van der Waals surface area contributed by atoms with Crippen molar-refractivity contribution in [2.24, 2.45) is 0 Å². The number of hydrogen-bond acceptors (Lipinski definition) is 3. The van der Waals surface area contributed by atoms with E-state index >= 15 is 0 Å². The summed E-state index contributed by atoms with van der Waals surface area (Å²) >= 11 is 0. The third kappa shape index (κ3) is 2.24. The molecule has 94 valence electrons. The predicted molar refractivity (Wildman–Crippen MR) is 71.0 cm³/mol. The normalized spacial score (nSPS) is 19.2. The Labute approximate surface area is 106 Å². The van der Waals surface area contributed by atoms with Crippen molar-refractivity contribution >= 4 is 5.69 Å². The van der Waals surface area contributed by atoms with E-state index in [1.807, 2.05) is 41.3 Å². The van der Waals surface area contributed by atoms with Gasteiger partial charge in [-0.25, -0.2) is 0 Å². The molecule has 1 fully saturated rings. The highest BCUT2D eigenvalue weighted by molar-refractivity contribution is 5.75. The van der Waals surface area contributed by atoms with Crippen LogP contribution < -0.4 is 5.73 Å². The standard InChI is InChI=1S/C14H17N3O/c15-14-6-2-1-5-13(14)11-8-16-17(9-11)10-12-4-3-7-18-12/h1-2,5-6,8-9,12H,3-4,7,10,15H2. The number of nitrogens with zero attached hydrogens (tertiary/aromatic N) is 2. The molecule has 1 aromatic heterocycles. The average molecular weight is 243 g/mol. The Hall–Kier alpha value is -1.81. The summed E-state index contributed by atoms with van der Waals surface area (Å²) in [5.41, 5.74) is 8.85. The van der Waals surface area contributed by atoms with Crippen LogP contribution in [-0.4, -0.2) is 22.5 Å². The van der Waals surface area contributed by atoms with Gasteiger partial charge >= 0.3 is 0 Å². The Morgan fingerprint density at radius 1 is 1.39 bits per heavy atom. The van der Waals surface area contributed by atoms with Gasteiger partial charge in [0.15, 0.2) is 0 Å². The highest BCUT2D eigenvalue weighted by atomic mass is 16.5. The molecular weight excluding hydrogens is 226 g/mol. The molecule has 0 spiro atoms. The van der Waals surface area contributed by atoms with Crippen LogP contribution in [0.25, 0.3) is 11.1 Å². The lowest BCUT2D eigenvalue weighted by atomic mass is 10.1. The number of aromatic nitrogens is 2. The molecule has 18 heavy (non-hydrogen) atoms. The molecule has 2 aromatic rings. The number of nitrogen functional groups attached to an aromatic ring is 1. The number of para-hydroxylation sites is 1. The second-order valence-corrected chi connectivity index (χ2v) is 4.67. The van der Waals surface area contributed by atoms with Gasteiger partial charge in [-0.05, 0) is 18.9 Å². The molecule has 1 aliphatic heterocycles. The maximum atomic E-state index is 5.96. The number of rotatable bonds is 3. The summed E-state index contributed by atoms with van der Waals surface area (Å²) in [6.07, 6.45) is 6.49. The lowest BCUT2D eigenvalue weighted by Crippen LogP contribution is -2.14. The maximum absolute atomic E-state index is 5.96. The summed E-state index contributed by atoms with van der Waals surface area (Å²) in [4.78, 5) is 0. The molecular formula is C14H17N3O. The topological polar surface area (TPSA) is 53.1 Å². The molecule has 0 aliphatic carbocycles. The number of hydrogen-bond donors (Lipinski definition) is 1. The molecule has 1 aliphatic rings. The van der Waals surface area contributed by atoms with Crippen molar-refractivity contribution in [2.75, 3.05) is 12.3 Å². The quantitative estimate of drug-likeness (QED) is 0.842. The van der Waals surface area contributed by atoms with Crippen LogP contribution >= 0.6 is 0 Å². The molecule has 0 radical (unpaired) electrons. The van der Waals surface area contributed by atoms with Gasteiger partial charge in [0.1, 0.15) is 0 Å². The van der Waals surface area contributed by atoms with E-state index in [-0.39, 0.29) is 0 Å². The van der Waals surface area contributed by atoms with E-state index in [1.165, 1.54) is 0 Å². The molecule has 2 heterocycles. The minimum atomic E-state index is 0.311. The summed E-state index contributed by atoms with van der Waals surface area (Å²) < 4.78 is 7.55. The molecule has 1 aromatic carbocycles. The zero-order valence-corrected chi connectivity index (χ0v) is 10.2. The average Bonchev–Trinajstić information content (AvgIpc) is 3.02. The van der Waals surface area contributed by atoms with Gasteiger partial charge in [-0.2, -0.15) is 5.10 Å². The van der Waals surface area contributed by atoms with Gasteiger partial charge in [0.25, 0.3) is 0 Å². The van der Waals surface area contributed by atoms with Crippen LogP contribution in [0.3, 0.4) is 0 Å². The third-order valence-corrected chi connectivity index (χ3v) is 3.32. The van der Waals surface area contributed by atoms with Crippen LogP contribution in [0.4, 0.5) is 5.69 Å². The Kier molecular flexibility index (Phi) is 3.02. The van der Waals surface area contributed by atoms with E-state index in [0.717, 1.165) is 42.8 Å². The largest absolute Gasteiger partial charge is 0.398 e. The second-order valence-electron chi connectivity index (χ2n) is 4.67. The summed E-state index contributed by atoms with van der Waals surface area (Å²) in [6, 6.07) is 7.86. The van der Waals surface area contributed by atoms with E-state index in [2.05, 4.69) is 5.10 Å². The van der Waals surface area contributed by atoms with Crippen molar-refractivity contribution in [3.63, 3.8) is 0 Å². The van der Waals surface area contributed by atoms with Gasteiger partial charge < -0.3 is 10.5 Å². The Balaban J connectivity index is 1.79. The predicted octanol–water partition coefficient (Wildman–Crippen LogP) is 2.31. The van der Waals surface area contributed by atoms with Crippen molar-refractivity contribution in [1.82, 2.24) is 9.78 Å². The number of anilines is 1. The van der Waals surface area contributed by atoms with Gasteiger partial charge in [-0.15, -0.1) is 0 Å². The fourth-order valence-electron chi connectivity index (χ4n) is 2.36. The van der Waals surface area contributed by atoms with Crippen molar-refractivity contribution in [3.05, 3.63) is 36.7 Å². The summed E-state index contributed by atoms with van der Waals surface area (Å²) in [5, 5.41) is 4.38. The van der Waals surface area contributed by atoms with Crippen molar-refractivity contribution < 1.29 is 4.74 Å². The molecule has 3 rings (SSSR count). The summed E-state index contributed by atoms with van der Waals surface area (Å²) in [7, 11) is 0. The zero-order valence-electron chi connectivity index (χ0n) is 10.2. The molecule has 2 N–H and O–H groups in total. The van der Waals surface area contributed by atoms with Crippen molar-refractivity contribution in [2.45, 2.75) is 25.5 Å². The minimum Gasteiger partial charge on any atom is -0.398 e. The molecule has 1 saturated heterocycles. The van der Waals surface area contributed by atoms with E-state index in [9.17, 15) is 0 Å². The van der Waals surface area contributed by atoms with Gasteiger partial charge in [0.2, 0.25) is 0 Å². The SMILES string of the molecule is Nc1ccccc1-c1cnn(CC2CCCO2)c1. The lowest BCUT2D eigenvalue weighted by molar-refractivity contribution is 0.0940. The van der Waals surface area contributed by atoms with Crippen molar-refractivity contribution in [1.29, 1.82) is 0 Å². The third-order valence-electron chi connectivity index (χ3n) is 3.32. The molecule has 1 atom stereocenters. The van der Waals surface area contributed by atoms with E-state index in [4.69, 9.17) is 10.5 Å². The monoisotopic (exact) mass is 243 g/mol. The molecule has 0 bridgehead atoms. The van der Waals surface area contributed by atoms with Gasteiger partial charge in [0.05, 0.1) is 18.8 Å². The lowest BCUT2D eigenvalue weighted by Gasteiger charge is -2.08. The molecule has 4 heteroatoms. The first-order chi connectivity index (χ1) is 8.83. The summed E-state index contributed by atoms with van der Waals surface area (Å²) in [5.74, 6) is 0. The van der Waals surface area contributed by atoms with Crippen LogP contribution in [0.2, 0.25) is 0 Å². The first-order valence-electron chi connectivity index (χ1n) is 6.32. The fraction of sp³-hybridized carbons (Fsp3) is 0.357. The second kappa shape index (κ2) is 4.82. The minimum absolute atomic E-state index is 0.311. The number of ether oxygens (including phenoxy) is 1. The van der Waals surface area contributed by atoms with Crippen LogP contribution in [0.5, 0.6) is 0 Å². The van der Waals surface area contributed by atoms with Crippen LogP contribution in [0.1, 0.15) is 12.8 Å². The Bertz CT molecular complexity index is 529. The Morgan fingerprint density at radius 2 is 2.28 bits per heavy atom. The number of nitrogens with two attached hydrogens (primary N) is 1. The smallest absolute Gasteiger partial charge is 0.0771 e. The van der Waals surface area contributed by atoms with Crippen molar-refractivity contribution in [3.8, 4) is 11.1 Å². The van der Waals surface area contributed by atoms with Crippen LogP contribution in [0.15, 0.2) is 36.7 Å². The summed E-state index contributed by atoms with van der Waals surface area (Å²) in [6.45, 7) is 1.71. The Morgan fingerprint density at radius 3 is 3.06 bits per heavy atom. The molecule has 0 amide bonds. The first kappa shape index (κ1) is 11.3. The van der Waals surface area contributed by atoms with Crippen LogP contribution in [-0.2, 0) is 11.3 Å². The van der Waals surface area contributed by atoms with E-state index in [1.54, 1.807) is 0 Å². The fourth-order valence-corrected chi connectivity index (χ4v) is 2.36. The molecule has 4 nitrogen and oxygen atoms in total. The van der Waals surface area contributed by atoms with Gasteiger partial charge in [0, 0.05) is 29.6 Å².